The van der Waals surface area contributed by atoms with Crippen molar-refractivity contribution in [2.75, 3.05) is 45.2 Å². The first-order valence-electron chi connectivity index (χ1n) is 10.5. The number of esters is 1. The average Bonchev–Trinajstić information content (AvgIpc) is 2.71. The van der Waals surface area contributed by atoms with Gasteiger partial charge in [0.15, 0.2) is 0 Å². The fourth-order valence-electron chi connectivity index (χ4n) is 3.59. The predicted molar refractivity (Wildman–Crippen MR) is 119 cm³/mol. The molecule has 2 rings (SSSR count). The van der Waals surface area contributed by atoms with E-state index in [4.69, 9.17) is 9.47 Å². The summed E-state index contributed by atoms with van der Waals surface area (Å²) in [5.74, 6) is -0.292. The number of benzene rings is 1. The van der Waals surface area contributed by atoms with Gasteiger partial charge in [-0.15, -0.1) is 0 Å². The Labute approximate surface area is 185 Å². The number of amides is 2. The van der Waals surface area contributed by atoms with Crippen molar-refractivity contribution in [3.8, 4) is 0 Å². The third kappa shape index (κ3) is 6.12. The zero-order valence-corrected chi connectivity index (χ0v) is 19.7. The van der Waals surface area contributed by atoms with Gasteiger partial charge in [-0.1, -0.05) is 12.1 Å². The number of rotatable bonds is 6. The Morgan fingerprint density at radius 1 is 1.13 bits per heavy atom. The van der Waals surface area contributed by atoms with Crippen LogP contribution in [0.4, 0.5) is 10.5 Å². The van der Waals surface area contributed by atoms with E-state index >= 15 is 0 Å². The van der Waals surface area contributed by atoms with Crippen molar-refractivity contribution < 1.29 is 23.9 Å². The van der Waals surface area contributed by atoms with E-state index in [1.165, 1.54) is 7.11 Å². The lowest BCUT2D eigenvalue weighted by atomic mass is 9.84. The molecule has 1 heterocycles. The lowest BCUT2D eigenvalue weighted by Crippen LogP contribution is -2.58. The number of carbonyl (C=O) groups is 3. The molecule has 172 valence electrons. The van der Waals surface area contributed by atoms with Crippen LogP contribution in [-0.4, -0.2) is 80.3 Å². The fourth-order valence-corrected chi connectivity index (χ4v) is 3.59. The Hall–Kier alpha value is -2.77. The summed E-state index contributed by atoms with van der Waals surface area (Å²) in [6.07, 6.45) is 0.479. The van der Waals surface area contributed by atoms with E-state index < -0.39 is 11.0 Å². The molecule has 0 spiro atoms. The van der Waals surface area contributed by atoms with Crippen LogP contribution in [0.5, 0.6) is 0 Å². The van der Waals surface area contributed by atoms with Crippen LogP contribution in [0, 0.1) is 0 Å². The minimum Gasteiger partial charge on any atom is -0.468 e. The van der Waals surface area contributed by atoms with Crippen molar-refractivity contribution in [2.24, 2.45) is 0 Å². The molecular weight excluding hydrogens is 398 g/mol. The number of anilines is 1. The van der Waals surface area contributed by atoms with Gasteiger partial charge in [0.25, 0.3) is 0 Å². The van der Waals surface area contributed by atoms with Gasteiger partial charge in [-0.3, -0.25) is 9.59 Å². The maximum Gasteiger partial charge on any atom is 0.410 e. The second kappa shape index (κ2) is 9.58. The van der Waals surface area contributed by atoms with Crippen molar-refractivity contribution in [2.45, 2.75) is 51.7 Å². The molecule has 1 aliphatic rings. The molecule has 1 atom stereocenters. The van der Waals surface area contributed by atoms with Gasteiger partial charge in [-0.2, -0.15) is 0 Å². The lowest BCUT2D eigenvalue weighted by molar-refractivity contribution is -0.146. The standard InChI is InChI=1S/C23H35N3O5/c1-22(2,3)31-21(29)25-12-13-26(16-27)19(15-25)14-24(6)18-10-8-17(9-11-18)23(4,5)20(28)30-7/h8-11,16,19H,12-15H2,1-7H3. The van der Waals surface area contributed by atoms with Crippen LogP contribution in [0.2, 0.25) is 0 Å². The number of hydrogen-bond donors (Lipinski definition) is 0. The first-order chi connectivity index (χ1) is 14.4. The highest BCUT2D eigenvalue weighted by atomic mass is 16.6. The van der Waals surface area contributed by atoms with Gasteiger partial charge >= 0.3 is 12.1 Å². The Balaban J connectivity index is 2.09. The number of hydrogen-bond acceptors (Lipinski definition) is 6. The molecule has 1 fully saturated rings. The van der Waals surface area contributed by atoms with Crippen molar-refractivity contribution in [1.29, 1.82) is 0 Å². The predicted octanol–water partition coefficient (Wildman–Crippen LogP) is 2.65. The maximum absolute atomic E-state index is 12.5. The summed E-state index contributed by atoms with van der Waals surface area (Å²) in [4.78, 5) is 41.5. The monoisotopic (exact) mass is 433 g/mol. The van der Waals surface area contributed by atoms with Crippen LogP contribution in [0.3, 0.4) is 0 Å². The van der Waals surface area contributed by atoms with Crippen LogP contribution in [0.25, 0.3) is 0 Å². The topological polar surface area (TPSA) is 79.4 Å². The summed E-state index contributed by atoms with van der Waals surface area (Å²) in [5, 5.41) is 0. The molecule has 0 aromatic heterocycles. The molecule has 1 aliphatic heterocycles. The molecule has 8 heteroatoms. The second-order valence-electron chi connectivity index (χ2n) is 9.47. The van der Waals surface area contributed by atoms with E-state index in [1.54, 1.807) is 9.80 Å². The van der Waals surface area contributed by atoms with Crippen molar-refractivity contribution in [3.63, 3.8) is 0 Å². The molecule has 1 unspecified atom stereocenters. The Morgan fingerprint density at radius 3 is 2.26 bits per heavy atom. The SMILES string of the molecule is COC(=O)C(C)(C)c1ccc(N(C)CC2CN(C(=O)OC(C)(C)C)CCN2C=O)cc1. The van der Waals surface area contributed by atoms with Crippen LogP contribution in [0.15, 0.2) is 24.3 Å². The average molecular weight is 434 g/mol. The zero-order valence-electron chi connectivity index (χ0n) is 19.7. The van der Waals surface area contributed by atoms with E-state index in [1.807, 2.05) is 70.8 Å². The number of piperazine rings is 1. The summed E-state index contributed by atoms with van der Waals surface area (Å²) in [6, 6.07) is 7.55. The highest BCUT2D eigenvalue weighted by Gasteiger charge is 2.33. The maximum atomic E-state index is 12.5. The zero-order chi connectivity index (χ0) is 23.4. The molecule has 1 aromatic carbocycles. The van der Waals surface area contributed by atoms with Crippen molar-refractivity contribution in [1.82, 2.24) is 9.80 Å². The summed E-state index contributed by atoms with van der Waals surface area (Å²) >= 11 is 0. The van der Waals surface area contributed by atoms with E-state index in [-0.39, 0.29) is 18.1 Å². The molecule has 0 radical (unpaired) electrons. The minimum atomic E-state index is -0.739. The molecule has 1 saturated heterocycles. The van der Waals surface area contributed by atoms with Gasteiger partial charge in [0, 0.05) is 38.9 Å². The van der Waals surface area contributed by atoms with Gasteiger partial charge in [0.2, 0.25) is 6.41 Å². The van der Waals surface area contributed by atoms with E-state index in [0.717, 1.165) is 17.7 Å². The third-order valence-electron chi connectivity index (χ3n) is 5.53. The lowest BCUT2D eigenvalue weighted by Gasteiger charge is -2.41. The van der Waals surface area contributed by atoms with Gasteiger partial charge in [0.1, 0.15) is 5.60 Å². The summed E-state index contributed by atoms with van der Waals surface area (Å²) in [6.45, 7) is 11.0. The number of methoxy groups -OCH3 is 1. The number of likely N-dealkylation sites (N-methyl/N-ethyl adjacent to an activating group) is 1. The first kappa shape index (κ1) is 24.5. The molecule has 0 bridgehead atoms. The Kier molecular flexibility index (Phi) is 7.57. The van der Waals surface area contributed by atoms with Crippen LogP contribution in [0.1, 0.15) is 40.2 Å². The van der Waals surface area contributed by atoms with Gasteiger partial charge in [-0.05, 0) is 52.3 Å². The third-order valence-corrected chi connectivity index (χ3v) is 5.53. The highest BCUT2D eigenvalue weighted by Crippen LogP contribution is 2.27. The molecule has 31 heavy (non-hydrogen) atoms. The van der Waals surface area contributed by atoms with E-state index in [9.17, 15) is 14.4 Å². The van der Waals surface area contributed by atoms with Crippen LogP contribution >= 0.6 is 0 Å². The number of nitrogens with zero attached hydrogens (tertiary/aromatic N) is 3. The highest BCUT2D eigenvalue weighted by molar-refractivity contribution is 5.82. The smallest absolute Gasteiger partial charge is 0.410 e. The van der Waals surface area contributed by atoms with Gasteiger partial charge in [0.05, 0.1) is 18.6 Å². The molecular formula is C23H35N3O5. The molecule has 1 aromatic rings. The van der Waals surface area contributed by atoms with Gasteiger partial charge in [-0.25, -0.2) is 4.79 Å². The van der Waals surface area contributed by atoms with Crippen LogP contribution < -0.4 is 4.90 Å². The summed E-state index contributed by atoms with van der Waals surface area (Å²) in [5.41, 5.74) is 0.506. The summed E-state index contributed by atoms with van der Waals surface area (Å²) < 4.78 is 10.4. The molecule has 0 aliphatic carbocycles. The minimum absolute atomic E-state index is 0.157. The summed E-state index contributed by atoms with van der Waals surface area (Å²) in [7, 11) is 3.33. The largest absolute Gasteiger partial charge is 0.468 e. The molecule has 0 saturated carbocycles. The second-order valence-corrected chi connectivity index (χ2v) is 9.47. The number of ether oxygens (including phenoxy) is 2. The molecule has 8 nitrogen and oxygen atoms in total. The van der Waals surface area contributed by atoms with E-state index in [2.05, 4.69) is 0 Å². The fraction of sp³-hybridized carbons (Fsp3) is 0.609. The quantitative estimate of drug-likeness (QED) is 0.507. The van der Waals surface area contributed by atoms with E-state index in [0.29, 0.717) is 26.2 Å². The van der Waals surface area contributed by atoms with Crippen LogP contribution in [-0.2, 0) is 24.5 Å². The Bertz CT molecular complexity index is 785. The van der Waals surface area contributed by atoms with Crippen molar-refractivity contribution in [3.05, 3.63) is 29.8 Å². The molecule has 2 amide bonds. The normalized spacial score (nSPS) is 17.2. The first-order valence-corrected chi connectivity index (χ1v) is 10.5. The van der Waals surface area contributed by atoms with Crippen molar-refractivity contribution >= 4 is 24.2 Å². The Morgan fingerprint density at radius 2 is 1.74 bits per heavy atom. The van der Waals surface area contributed by atoms with Gasteiger partial charge < -0.3 is 24.2 Å². The molecule has 0 N–H and O–H groups in total. The number of carbonyl (C=O) groups excluding carboxylic acids is 3.